The van der Waals surface area contributed by atoms with Gasteiger partial charge in [0.25, 0.3) is 0 Å². The average Bonchev–Trinajstić information content (AvgIpc) is 2.75. The van der Waals surface area contributed by atoms with E-state index in [0.717, 1.165) is 24.6 Å². The van der Waals surface area contributed by atoms with Gasteiger partial charge in [-0.15, -0.1) is 0 Å². The third-order valence-corrected chi connectivity index (χ3v) is 4.17. The van der Waals surface area contributed by atoms with Crippen LogP contribution in [0.15, 0.2) is 16.5 Å². The smallest absolute Gasteiger partial charge is 0.118 e. The summed E-state index contributed by atoms with van der Waals surface area (Å²) < 4.78 is 5.68. The molecule has 3 heteroatoms. The molecule has 1 fully saturated rings. The van der Waals surface area contributed by atoms with Gasteiger partial charge in [0.1, 0.15) is 11.5 Å². The molecule has 1 aromatic heterocycles. The van der Waals surface area contributed by atoms with Crippen LogP contribution in [0.2, 0.25) is 0 Å². The van der Waals surface area contributed by atoms with Crippen molar-refractivity contribution < 1.29 is 4.42 Å². The summed E-state index contributed by atoms with van der Waals surface area (Å²) in [6.45, 7) is 8.74. The molecule has 1 atom stereocenters. The number of hydrogen-bond acceptors (Lipinski definition) is 3. The van der Waals surface area contributed by atoms with Gasteiger partial charge in [-0.25, -0.2) is 0 Å². The lowest BCUT2D eigenvalue weighted by atomic mass is 9.76. The number of rotatable bonds is 6. The van der Waals surface area contributed by atoms with Crippen LogP contribution in [0.5, 0.6) is 0 Å². The monoisotopic (exact) mass is 264 g/mol. The van der Waals surface area contributed by atoms with Gasteiger partial charge in [0.2, 0.25) is 0 Å². The summed E-state index contributed by atoms with van der Waals surface area (Å²) in [5.74, 6) is 2.08. The minimum absolute atomic E-state index is 0.462. The molecule has 2 rings (SSSR count). The topological polar surface area (TPSA) is 28.4 Å². The fourth-order valence-corrected chi connectivity index (χ4v) is 3.45. The van der Waals surface area contributed by atoms with Crippen molar-refractivity contribution in [3.63, 3.8) is 0 Å². The molecule has 0 saturated carbocycles. The van der Waals surface area contributed by atoms with E-state index < -0.39 is 0 Å². The van der Waals surface area contributed by atoms with Crippen molar-refractivity contribution in [1.29, 1.82) is 0 Å². The Labute approximate surface area is 117 Å². The Hall–Kier alpha value is -0.800. The minimum Gasteiger partial charge on any atom is -0.465 e. The Kier molecular flexibility index (Phi) is 5.06. The van der Waals surface area contributed by atoms with Crippen LogP contribution in [0.25, 0.3) is 0 Å². The van der Waals surface area contributed by atoms with Gasteiger partial charge in [-0.05, 0) is 57.3 Å². The summed E-state index contributed by atoms with van der Waals surface area (Å²) in [6.07, 6.45) is 5.26. The van der Waals surface area contributed by atoms with Crippen molar-refractivity contribution in [2.24, 2.45) is 5.41 Å². The lowest BCUT2D eigenvalue weighted by Crippen LogP contribution is -2.46. The zero-order valence-electron chi connectivity index (χ0n) is 12.7. The molecule has 1 unspecified atom stereocenters. The van der Waals surface area contributed by atoms with Crippen LogP contribution in [0.3, 0.4) is 0 Å². The van der Waals surface area contributed by atoms with Crippen LogP contribution >= 0.6 is 0 Å². The van der Waals surface area contributed by atoms with Gasteiger partial charge in [-0.3, -0.25) is 4.90 Å². The molecule has 0 aromatic carbocycles. The molecule has 0 aliphatic carbocycles. The molecule has 1 saturated heterocycles. The van der Waals surface area contributed by atoms with Gasteiger partial charge in [-0.2, -0.15) is 0 Å². The van der Waals surface area contributed by atoms with Crippen LogP contribution in [-0.2, 0) is 6.54 Å². The predicted octanol–water partition coefficient (Wildman–Crippen LogP) is 3.19. The van der Waals surface area contributed by atoms with Crippen molar-refractivity contribution in [1.82, 2.24) is 10.2 Å². The van der Waals surface area contributed by atoms with Gasteiger partial charge in [0.05, 0.1) is 6.54 Å². The highest BCUT2D eigenvalue weighted by atomic mass is 16.3. The first-order chi connectivity index (χ1) is 9.13. The van der Waals surface area contributed by atoms with E-state index in [1.807, 2.05) is 13.0 Å². The molecule has 19 heavy (non-hydrogen) atoms. The van der Waals surface area contributed by atoms with E-state index in [1.54, 1.807) is 0 Å². The molecule has 1 aromatic rings. The molecule has 3 nitrogen and oxygen atoms in total. The lowest BCUT2D eigenvalue weighted by Gasteiger charge is -2.40. The molecular weight excluding hydrogens is 236 g/mol. The second-order valence-electron chi connectivity index (χ2n) is 6.21. The SMILES string of the molecule is CCCC1(CN(C)Cc2ccc(C)o2)CCCNC1. The Bertz CT molecular complexity index is 374. The fourth-order valence-electron chi connectivity index (χ4n) is 3.45. The first-order valence-electron chi connectivity index (χ1n) is 7.58. The maximum atomic E-state index is 5.68. The van der Waals surface area contributed by atoms with E-state index in [0.29, 0.717) is 5.41 Å². The van der Waals surface area contributed by atoms with Gasteiger partial charge < -0.3 is 9.73 Å². The fraction of sp³-hybridized carbons (Fsp3) is 0.750. The van der Waals surface area contributed by atoms with Crippen LogP contribution in [-0.4, -0.2) is 31.6 Å². The van der Waals surface area contributed by atoms with E-state index in [2.05, 4.69) is 30.3 Å². The first kappa shape index (κ1) is 14.6. The van der Waals surface area contributed by atoms with E-state index in [1.165, 1.54) is 38.8 Å². The van der Waals surface area contributed by atoms with Crippen LogP contribution < -0.4 is 5.32 Å². The maximum Gasteiger partial charge on any atom is 0.118 e. The Morgan fingerprint density at radius 2 is 2.26 bits per heavy atom. The van der Waals surface area contributed by atoms with E-state index >= 15 is 0 Å². The highest BCUT2D eigenvalue weighted by Crippen LogP contribution is 2.32. The molecule has 2 heterocycles. The van der Waals surface area contributed by atoms with Crippen LogP contribution in [0.4, 0.5) is 0 Å². The zero-order valence-corrected chi connectivity index (χ0v) is 12.7. The van der Waals surface area contributed by atoms with E-state index in [9.17, 15) is 0 Å². The number of aryl methyl sites for hydroxylation is 1. The average molecular weight is 264 g/mol. The standard InChI is InChI=1S/C16H28N2O/c1-4-8-16(9-5-10-17-12-16)13-18(3)11-15-7-6-14(2)19-15/h6-7,17H,4-5,8-13H2,1-3H3. The van der Waals surface area contributed by atoms with Crippen molar-refractivity contribution in [3.05, 3.63) is 23.7 Å². The number of nitrogens with zero attached hydrogens (tertiary/aromatic N) is 1. The third kappa shape index (κ3) is 4.08. The largest absolute Gasteiger partial charge is 0.465 e. The summed E-state index contributed by atoms with van der Waals surface area (Å²) >= 11 is 0. The first-order valence-corrected chi connectivity index (χ1v) is 7.58. The highest BCUT2D eigenvalue weighted by molar-refractivity contribution is 5.05. The predicted molar refractivity (Wildman–Crippen MR) is 79.2 cm³/mol. The second-order valence-corrected chi connectivity index (χ2v) is 6.21. The van der Waals surface area contributed by atoms with Crippen LogP contribution in [0.1, 0.15) is 44.1 Å². The Morgan fingerprint density at radius 1 is 1.42 bits per heavy atom. The Balaban J connectivity index is 1.92. The molecule has 0 radical (unpaired) electrons. The molecule has 0 spiro atoms. The summed E-state index contributed by atoms with van der Waals surface area (Å²) in [7, 11) is 2.21. The summed E-state index contributed by atoms with van der Waals surface area (Å²) in [6, 6.07) is 4.14. The molecular formula is C16H28N2O. The van der Waals surface area contributed by atoms with Gasteiger partial charge in [0.15, 0.2) is 0 Å². The number of piperidine rings is 1. The normalized spacial score (nSPS) is 24.0. The summed E-state index contributed by atoms with van der Waals surface area (Å²) in [4.78, 5) is 2.42. The lowest BCUT2D eigenvalue weighted by molar-refractivity contribution is 0.114. The molecule has 1 aliphatic rings. The van der Waals surface area contributed by atoms with Crippen molar-refractivity contribution in [3.8, 4) is 0 Å². The maximum absolute atomic E-state index is 5.68. The van der Waals surface area contributed by atoms with Gasteiger partial charge in [-0.1, -0.05) is 13.3 Å². The minimum atomic E-state index is 0.462. The van der Waals surface area contributed by atoms with Gasteiger partial charge in [0, 0.05) is 13.1 Å². The van der Waals surface area contributed by atoms with Crippen molar-refractivity contribution in [2.45, 2.75) is 46.1 Å². The number of hydrogen-bond donors (Lipinski definition) is 1. The second kappa shape index (κ2) is 6.58. The molecule has 0 bridgehead atoms. The summed E-state index contributed by atoms with van der Waals surface area (Å²) in [5.41, 5.74) is 0.462. The zero-order chi connectivity index (χ0) is 13.7. The summed E-state index contributed by atoms with van der Waals surface area (Å²) in [5, 5.41) is 3.58. The Morgan fingerprint density at radius 3 is 2.84 bits per heavy atom. The molecule has 0 amide bonds. The van der Waals surface area contributed by atoms with Crippen molar-refractivity contribution >= 4 is 0 Å². The molecule has 108 valence electrons. The third-order valence-electron chi connectivity index (χ3n) is 4.17. The molecule has 1 aliphatic heterocycles. The number of furan rings is 1. The molecule has 1 N–H and O–H groups in total. The quantitative estimate of drug-likeness (QED) is 0.855. The van der Waals surface area contributed by atoms with Crippen LogP contribution in [0, 0.1) is 12.3 Å². The highest BCUT2D eigenvalue weighted by Gasteiger charge is 2.32. The van der Waals surface area contributed by atoms with Crippen molar-refractivity contribution in [2.75, 3.05) is 26.7 Å². The number of nitrogens with one attached hydrogen (secondary N) is 1. The van der Waals surface area contributed by atoms with E-state index in [4.69, 9.17) is 4.42 Å². The van der Waals surface area contributed by atoms with E-state index in [-0.39, 0.29) is 0 Å². The van der Waals surface area contributed by atoms with Gasteiger partial charge >= 0.3 is 0 Å².